The zero-order chi connectivity index (χ0) is 11.7. The third-order valence-electron chi connectivity index (χ3n) is 2.21. The Bertz CT molecular complexity index is 632. The van der Waals surface area contributed by atoms with Gasteiger partial charge in [0.25, 0.3) is 0 Å². The van der Waals surface area contributed by atoms with Gasteiger partial charge in [-0.05, 0) is 12.1 Å². The maximum absolute atomic E-state index is 5.03. The Morgan fingerprint density at radius 2 is 2.29 bits per heavy atom. The third kappa shape index (κ3) is 1.79. The van der Waals surface area contributed by atoms with Gasteiger partial charge in [0.2, 0.25) is 4.96 Å². The fourth-order valence-electron chi connectivity index (χ4n) is 1.47. The Kier molecular flexibility index (Phi) is 2.54. The quantitative estimate of drug-likeness (QED) is 0.699. The maximum atomic E-state index is 5.03. The van der Waals surface area contributed by atoms with E-state index < -0.39 is 0 Å². The van der Waals surface area contributed by atoms with Crippen molar-refractivity contribution < 1.29 is 4.74 Å². The molecule has 0 aliphatic rings. The number of ether oxygens (including phenoxy) is 1. The summed E-state index contributed by atoms with van der Waals surface area (Å²) in [5, 5.41) is 13.3. The van der Waals surface area contributed by atoms with E-state index in [1.165, 1.54) is 11.3 Å². The summed E-state index contributed by atoms with van der Waals surface area (Å²) in [6.45, 7) is 0.395. The molecule has 0 fully saturated rings. The van der Waals surface area contributed by atoms with Gasteiger partial charge in [0.1, 0.15) is 12.3 Å². The molecule has 3 rings (SSSR count). The van der Waals surface area contributed by atoms with Crippen molar-refractivity contribution >= 4 is 16.3 Å². The second kappa shape index (κ2) is 4.19. The normalized spacial score (nSPS) is 11.1. The summed E-state index contributed by atoms with van der Waals surface area (Å²) in [5.41, 5.74) is 0.839. The monoisotopic (exact) mass is 247 g/mol. The highest BCUT2D eigenvalue weighted by atomic mass is 32.1. The molecule has 0 saturated carbocycles. The van der Waals surface area contributed by atoms with Crippen LogP contribution in [0.5, 0.6) is 0 Å². The first kappa shape index (κ1) is 10.3. The molecule has 3 heterocycles. The Morgan fingerprint density at radius 3 is 3.06 bits per heavy atom. The van der Waals surface area contributed by atoms with Gasteiger partial charge in [0, 0.05) is 13.3 Å². The number of methoxy groups -OCH3 is 1. The predicted octanol–water partition coefficient (Wildman–Crippen LogP) is 1.39. The number of pyridine rings is 1. The second-order valence-electron chi connectivity index (χ2n) is 3.37. The average Bonchev–Trinajstić information content (AvgIpc) is 2.93. The Hall–Kier alpha value is -1.86. The smallest absolute Gasteiger partial charge is 0.235 e. The number of nitrogens with zero attached hydrogens (tertiary/aromatic N) is 5. The van der Waals surface area contributed by atoms with E-state index >= 15 is 0 Å². The lowest BCUT2D eigenvalue weighted by Crippen LogP contribution is -1.97. The molecule has 0 atom stereocenters. The van der Waals surface area contributed by atoms with Gasteiger partial charge in [-0.25, -0.2) is 0 Å². The molecule has 3 aromatic rings. The van der Waals surface area contributed by atoms with Crippen molar-refractivity contribution in [2.24, 2.45) is 0 Å². The lowest BCUT2D eigenvalue weighted by molar-refractivity contribution is 0.176. The topological polar surface area (TPSA) is 65.2 Å². The van der Waals surface area contributed by atoms with Gasteiger partial charge in [-0.2, -0.15) is 9.61 Å². The minimum atomic E-state index is 0.395. The van der Waals surface area contributed by atoms with E-state index in [2.05, 4.69) is 20.3 Å². The molecule has 86 valence electrons. The molecule has 0 radical (unpaired) electrons. The van der Waals surface area contributed by atoms with Crippen molar-refractivity contribution in [3.05, 3.63) is 30.2 Å². The molecule has 0 spiro atoms. The molecule has 0 bridgehead atoms. The molecule has 0 aliphatic carbocycles. The zero-order valence-corrected chi connectivity index (χ0v) is 9.89. The van der Waals surface area contributed by atoms with Gasteiger partial charge in [-0.1, -0.05) is 17.4 Å². The number of hydrogen-bond donors (Lipinski definition) is 0. The molecule has 0 unspecified atom stereocenters. The molecule has 17 heavy (non-hydrogen) atoms. The molecule has 6 nitrogen and oxygen atoms in total. The first-order valence-corrected chi connectivity index (χ1v) is 5.81. The van der Waals surface area contributed by atoms with Gasteiger partial charge in [0.15, 0.2) is 10.8 Å². The van der Waals surface area contributed by atoms with Crippen LogP contribution in [-0.2, 0) is 11.3 Å². The van der Waals surface area contributed by atoms with Crippen LogP contribution in [0.1, 0.15) is 5.82 Å². The van der Waals surface area contributed by atoms with Crippen LogP contribution >= 0.6 is 11.3 Å². The Labute approximate surface area is 101 Å². The van der Waals surface area contributed by atoms with Crippen LogP contribution in [0.3, 0.4) is 0 Å². The van der Waals surface area contributed by atoms with Gasteiger partial charge in [-0.3, -0.25) is 4.98 Å². The highest BCUT2D eigenvalue weighted by Crippen LogP contribution is 2.23. The molecule has 0 amide bonds. The predicted molar refractivity (Wildman–Crippen MR) is 62.6 cm³/mol. The average molecular weight is 247 g/mol. The Morgan fingerprint density at radius 1 is 1.35 bits per heavy atom. The SMILES string of the molecule is COCc1nnc2sc(-c3ccccn3)nn12. The summed E-state index contributed by atoms with van der Waals surface area (Å²) < 4.78 is 6.73. The van der Waals surface area contributed by atoms with Crippen molar-refractivity contribution in [2.45, 2.75) is 6.61 Å². The lowest BCUT2D eigenvalue weighted by Gasteiger charge is -1.93. The van der Waals surface area contributed by atoms with E-state index in [1.807, 2.05) is 18.2 Å². The number of hydrogen-bond acceptors (Lipinski definition) is 6. The van der Waals surface area contributed by atoms with Crippen molar-refractivity contribution in [1.82, 2.24) is 24.8 Å². The van der Waals surface area contributed by atoms with Gasteiger partial charge < -0.3 is 4.74 Å². The summed E-state index contributed by atoms with van der Waals surface area (Å²) in [7, 11) is 1.62. The summed E-state index contributed by atoms with van der Waals surface area (Å²) in [6, 6.07) is 5.72. The number of rotatable bonds is 3. The van der Waals surface area contributed by atoms with E-state index in [-0.39, 0.29) is 0 Å². The molecular formula is C10H9N5OS. The van der Waals surface area contributed by atoms with E-state index in [0.29, 0.717) is 12.4 Å². The molecule has 0 aliphatic heterocycles. The number of aromatic nitrogens is 5. The van der Waals surface area contributed by atoms with E-state index in [0.717, 1.165) is 15.7 Å². The van der Waals surface area contributed by atoms with Crippen LogP contribution < -0.4 is 0 Å². The summed E-state index contributed by atoms with van der Waals surface area (Å²) in [4.78, 5) is 5.00. The highest BCUT2D eigenvalue weighted by Gasteiger charge is 2.12. The number of fused-ring (bicyclic) bond motifs is 1. The van der Waals surface area contributed by atoms with Gasteiger partial charge in [0.05, 0.1) is 0 Å². The lowest BCUT2D eigenvalue weighted by atomic mass is 10.4. The van der Waals surface area contributed by atoms with E-state index in [1.54, 1.807) is 17.8 Å². The van der Waals surface area contributed by atoms with E-state index in [9.17, 15) is 0 Å². The largest absolute Gasteiger partial charge is 0.377 e. The highest BCUT2D eigenvalue weighted by molar-refractivity contribution is 7.19. The molecular weight excluding hydrogens is 238 g/mol. The molecule has 0 saturated heterocycles. The molecule has 3 aromatic heterocycles. The first-order chi connectivity index (χ1) is 8.38. The summed E-state index contributed by atoms with van der Waals surface area (Å²) in [6.07, 6.45) is 1.74. The van der Waals surface area contributed by atoms with Crippen LogP contribution in [0.25, 0.3) is 15.7 Å². The second-order valence-corrected chi connectivity index (χ2v) is 4.32. The van der Waals surface area contributed by atoms with Crippen LogP contribution in [0.4, 0.5) is 0 Å². The van der Waals surface area contributed by atoms with Crippen molar-refractivity contribution in [3.63, 3.8) is 0 Å². The van der Waals surface area contributed by atoms with Gasteiger partial charge in [-0.15, -0.1) is 10.2 Å². The third-order valence-corrected chi connectivity index (χ3v) is 3.13. The van der Waals surface area contributed by atoms with Crippen molar-refractivity contribution in [2.75, 3.05) is 7.11 Å². The molecule has 7 heteroatoms. The van der Waals surface area contributed by atoms with Gasteiger partial charge >= 0.3 is 0 Å². The van der Waals surface area contributed by atoms with Crippen molar-refractivity contribution in [1.29, 1.82) is 0 Å². The fraction of sp³-hybridized carbons (Fsp3) is 0.200. The minimum absolute atomic E-state index is 0.395. The van der Waals surface area contributed by atoms with Crippen LogP contribution in [-0.4, -0.2) is 31.9 Å². The maximum Gasteiger partial charge on any atom is 0.235 e. The summed E-state index contributed by atoms with van der Waals surface area (Å²) in [5.74, 6) is 0.695. The fourth-order valence-corrected chi connectivity index (χ4v) is 2.30. The zero-order valence-electron chi connectivity index (χ0n) is 9.07. The van der Waals surface area contributed by atoms with Crippen LogP contribution in [0.2, 0.25) is 0 Å². The molecule has 0 aromatic carbocycles. The van der Waals surface area contributed by atoms with Crippen molar-refractivity contribution in [3.8, 4) is 10.7 Å². The summed E-state index contributed by atoms with van der Waals surface area (Å²) >= 11 is 1.46. The standard InChI is InChI=1S/C10H9N5OS/c1-16-6-8-12-13-10-15(8)14-9(17-10)7-4-2-3-5-11-7/h2-5H,6H2,1H3. The minimum Gasteiger partial charge on any atom is -0.377 e. The van der Waals surface area contributed by atoms with Crippen LogP contribution in [0, 0.1) is 0 Å². The first-order valence-electron chi connectivity index (χ1n) is 5.00. The molecule has 0 N–H and O–H groups in total. The Balaban J connectivity index is 2.08. The van der Waals surface area contributed by atoms with Crippen LogP contribution in [0.15, 0.2) is 24.4 Å². The van der Waals surface area contributed by atoms with E-state index in [4.69, 9.17) is 4.74 Å².